The van der Waals surface area contributed by atoms with E-state index in [0.717, 1.165) is 17.7 Å². The molecule has 0 fully saturated rings. The normalized spacial score (nSPS) is 12.5. The number of benzene rings is 3. The standard InChI is InChI=1S/C28H30N2O5/c1-3-21-6-4-7-24(16-21)34-18-27(31)29-22-10-13-26-25(17-22)30(28(32)19-35-26)14-5-15-33-23-11-8-20(2)9-12-23/h4,6-13,16-17H,3,5,14-15,18-19H2,1-2H3,(H,29,31). The van der Waals surface area contributed by atoms with Crippen LogP contribution in [0.1, 0.15) is 24.5 Å². The van der Waals surface area contributed by atoms with Crippen LogP contribution in [0.15, 0.2) is 66.7 Å². The Morgan fingerprint density at radius 1 is 1.03 bits per heavy atom. The molecule has 3 aromatic carbocycles. The van der Waals surface area contributed by atoms with Crippen molar-refractivity contribution in [3.63, 3.8) is 0 Å². The summed E-state index contributed by atoms with van der Waals surface area (Å²) in [6.45, 7) is 4.93. The Hall–Kier alpha value is -4.00. The summed E-state index contributed by atoms with van der Waals surface area (Å²) in [6, 6.07) is 20.8. The van der Waals surface area contributed by atoms with Gasteiger partial charge in [0, 0.05) is 12.2 Å². The average molecular weight is 475 g/mol. The third kappa shape index (κ3) is 6.53. The van der Waals surface area contributed by atoms with Crippen molar-refractivity contribution in [3.8, 4) is 17.2 Å². The first-order valence-electron chi connectivity index (χ1n) is 11.8. The molecule has 0 atom stereocenters. The number of hydrogen-bond acceptors (Lipinski definition) is 5. The first-order chi connectivity index (χ1) is 17.0. The highest BCUT2D eigenvalue weighted by molar-refractivity contribution is 5.99. The fraction of sp³-hybridized carbons (Fsp3) is 0.286. The molecule has 1 heterocycles. The second-order valence-electron chi connectivity index (χ2n) is 8.37. The molecule has 2 amide bonds. The number of rotatable bonds is 10. The van der Waals surface area contributed by atoms with Gasteiger partial charge >= 0.3 is 0 Å². The maximum absolute atomic E-state index is 12.6. The number of hydrogen-bond donors (Lipinski definition) is 1. The number of carbonyl (C=O) groups is 2. The minimum Gasteiger partial charge on any atom is -0.494 e. The lowest BCUT2D eigenvalue weighted by Crippen LogP contribution is -2.39. The molecule has 0 spiro atoms. The summed E-state index contributed by atoms with van der Waals surface area (Å²) in [5.74, 6) is 1.65. The van der Waals surface area contributed by atoms with Crippen LogP contribution in [-0.4, -0.2) is 38.2 Å². The molecule has 0 aliphatic carbocycles. The van der Waals surface area contributed by atoms with E-state index in [1.807, 2.05) is 55.5 Å². The fourth-order valence-electron chi connectivity index (χ4n) is 3.77. The van der Waals surface area contributed by atoms with E-state index >= 15 is 0 Å². The second kappa shape index (κ2) is 11.4. The molecule has 1 aliphatic rings. The van der Waals surface area contributed by atoms with Crippen molar-refractivity contribution in [3.05, 3.63) is 77.9 Å². The first kappa shape index (κ1) is 24.1. The molecular formula is C28H30N2O5. The molecule has 0 saturated carbocycles. The van der Waals surface area contributed by atoms with Crippen LogP contribution in [0.5, 0.6) is 17.2 Å². The van der Waals surface area contributed by atoms with Gasteiger partial charge in [0.1, 0.15) is 17.2 Å². The summed E-state index contributed by atoms with van der Waals surface area (Å²) in [7, 11) is 0. The van der Waals surface area contributed by atoms with E-state index in [2.05, 4.69) is 12.2 Å². The van der Waals surface area contributed by atoms with Crippen molar-refractivity contribution in [1.29, 1.82) is 0 Å². The van der Waals surface area contributed by atoms with Crippen molar-refractivity contribution in [2.24, 2.45) is 0 Å². The Labute approximate surface area is 205 Å². The van der Waals surface area contributed by atoms with E-state index in [1.165, 1.54) is 5.56 Å². The van der Waals surface area contributed by atoms with Crippen LogP contribution in [-0.2, 0) is 16.0 Å². The number of nitrogens with one attached hydrogen (secondary N) is 1. The highest BCUT2D eigenvalue weighted by Crippen LogP contribution is 2.34. The van der Waals surface area contributed by atoms with Crippen molar-refractivity contribution >= 4 is 23.2 Å². The van der Waals surface area contributed by atoms with Crippen LogP contribution < -0.4 is 24.4 Å². The number of anilines is 2. The van der Waals surface area contributed by atoms with Gasteiger partial charge in [0.25, 0.3) is 11.8 Å². The van der Waals surface area contributed by atoms with Crippen LogP contribution in [0.4, 0.5) is 11.4 Å². The smallest absolute Gasteiger partial charge is 0.265 e. The number of aryl methyl sites for hydroxylation is 2. The molecule has 0 aromatic heterocycles. The van der Waals surface area contributed by atoms with E-state index < -0.39 is 0 Å². The Balaban J connectivity index is 1.34. The number of carbonyl (C=O) groups excluding carboxylic acids is 2. The third-order valence-electron chi connectivity index (χ3n) is 5.68. The SMILES string of the molecule is CCc1cccc(OCC(=O)Nc2ccc3c(c2)N(CCCOc2ccc(C)cc2)C(=O)CO3)c1. The van der Waals surface area contributed by atoms with Crippen LogP contribution in [0.2, 0.25) is 0 Å². The zero-order chi connectivity index (χ0) is 24.6. The van der Waals surface area contributed by atoms with Gasteiger partial charge in [0.05, 0.1) is 12.3 Å². The molecule has 35 heavy (non-hydrogen) atoms. The summed E-state index contributed by atoms with van der Waals surface area (Å²) in [5.41, 5.74) is 3.52. The maximum Gasteiger partial charge on any atom is 0.265 e. The van der Waals surface area contributed by atoms with E-state index in [1.54, 1.807) is 23.1 Å². The lowest BCUT2D eigenvalue weighted by Gasteiger charge is -2.30. The van der Waals surface area contributed by atoms with Gasteiger partial charge < -0.3 is 24.4 Å². The summed E-state index contributed by atoms with van der Waals surface area (Å²) in [6.07, 6.45) is 1.55. The van der Waals surface area contributed by atoms with Crippen molar-refractivity contribution in [2.45, 2.75) is 26.7 Å². The highest BCUT2D eigenvalue weighted by Gasteiger charge is 2.25. The van der Waals surface area contributed by atoms with E-state index in [4.69, 9.17) is 14.2 Å². The summed E-state index contributed by atoms with van der Waals surface area (Å²) >= 11 is 0. The van der Waals surface area contributed by atoms with Crippen LogP contribution >= 0.6 is 0 Å². The third-order valence-corrected chi connectivity index (χ3v) is 5.68. The zero-order valence-electron chi connectivity index (χ0n) is 20.1. The minimum absolute atomic E-state index is 0.0117. The van der Waals surface area contributed by atoms with Crippen LogP contribution in [0.25, 0.3) is 0 Å². The van der Waals surface area contributed by atoms with Gasteiger partial charge in [-0.3, -0.25) is 9.59 Å². The fourth-order valence-corrected chi connectivity index (χ4v) is 3.77. The molecule has 1 aliphatic heterocycles. The van der Waals surface area contributed by atoms with E-state index in [0.29, 0.717) is 42.4 Å². The predicted molar refractivity (Wildman–Crippen MR) is 136 cm³/mol. The topological polar surface area (TPSA) is 77.1 Å². The van der Waals surface area contributed by atoms with Gasteiger partial charge in [-0.25, -0.2) is 0 Å². The van der Waals surface area contributed by atoms with Crippen molar-refractivity contribution in [1.82, 2.24) is 0 Å². The number of fused-ring (bicyclic) bond motifs is 1. The number of ether oxygens (including phenoxy) is 3. The monoisotopic (exact) mass is 474 g/mol. The minimum atomic E-state index is -0.284. The largest absolute Gasteiger partial charge is 0.494 e. The maximum atomic E-state index is 12.6. The molecule has 3 aromatic rings. The Morgan fingerprint density at radius 3 is 2.66 bits per heavy atom. The summed E-state index contributed by atoms with van der Waals surface area (Å²) < 4.78 is 17.0. The summed E-state index contributed by atoms with van der Waals surface area (Å²) in [4.78, 5) is 26.7. The quantitative estimate of drug-likeness (QED) is 0.429. The van der Waals surface area contributed by atoms with Gasteiger partial charge in [-0.1, -0.05) is 36.8 Å². The summed E-state index contributed by atoms with van der Waals surface area (Å²) in [5, 5.41) is 2.84. The first-order valence-corrected chi connectivity index (χ1v) is 11.8. The van der Waals surface area contributed by atoms with Gasteiger partial charge in [0.15, 0.2) is 13.2 Å². The van der Waals surface area contributed by atoms with Crippen molar-refractivity contribution < 1.29 is 23.8 Å². The number of amides is 2. The molecule has 0 unspecified atom stereocenters. The molecule has 7 nitrogen and oxygen atoms in total. The lowest BCUT2D eigenvalue weighted by atomic mass is 10.2. The van der Waals surface area contributed by atoms with Gasteiger partial charge in [-0.2, -0.15) is 0 Å². The Morgan fingerprint density at radius 2 is 1.86 bits per heavy atom. The van der Waals surface area contributed by atoms with E-state index in [-0.39, 0.29) is 25.0 Å². The molecular weight excluding hydrogens is 444 g/mol. The van der Waals surface area contributed by atoms with Gasteiger partial charge in [-0.05, 0) is 67.8 Å². The molecule has 1 N–H and O–H groups in total. The molecule has 182 valence electrons. The van der Waals surface area contributed by atoms with Crippen LogP contribution in [0, 0.1) is 6.92 Å². The Bertz CT molecular complexity index is 1180. The average Bonchev–Trinajstić information content (AvgIpc) is 2.87. The molecule has 0 saturated heterocycles. The predicted octanol–water partition coefficient (Wildman–Crippen LogP) is 4.77. The van der Waals surface area contributed by atoms with Gasteiger partial charge in [-0.15, -0.1) is 0 Å². The molecule has 4 rings (SSSR count). The molecule has 7 heteroatoms. The van der Waals surface area contributed by atoms with Crippen molar-refractivity contribution in [2.75, 3.05) is 36.6 Å². The number of nitrogens with zero attached hydrogens (tertiary/aromatic N) is 1. The molecule has 0 radical (unpaired) electrons. The Kier molecular flexibility index (Phi) is 7.88. The van der Waals surface area contributed by atoms with Crippen LogP contribution in [0.3, 0.4) is 0 Å². The highest BCUT2D eigenvalue weighted by atomic mass is 16.5. The van der Waals surface area contributed by atoms with Gasteiger partial charge in [0.2, 0.25) is 0 Å². The second-order valence-corrected chi connectivity index (χ2v) is 8.37. The lowest BCUT2D eigenvalue weighted by molar-refractivity contribution is -0.121. The van der Waals surface area contributed by atoms with E-state index in [9.17, 15) is 9.59 Å². The zero-order valence-corrected chi connectivity index (χ0v) is 20.1. The molecule has 0 bridgehead atoms.